The van der Waals surface area contributed by atoms with E-state index in [0.717, 1.165) is 22.4 Å². The maximum atomic E-state index is 4.86. The maximum Gasteiger partial charge on any atom is 0.164 e. The van der Waals surface area contributed by atoms with E-state index in [1.807, 2.05) is 60.7 Å². The number of rotatable bonds is 4. The molecule has 5 aromatic carbocycles. The van der Waals surface area contributed by atoms with Gasteiger partial charge in [-0.3, -0.25) is 0 Å². The van der Waals surface area contributed by atoms with E-state index in [0.29, 0.717) is 17.5 Å². The summed E-state index contributed by atoms with van der Waals surface area (Å²) in [6.07, 6.45) is 0. The van der Waals surface area contributed by atoms with Crippen molar-refractivity contribution in [3.63, 3.8) is 0 Å². The molecule has 0 aliphatic carbocycles. The number of fused-ring (bicyclic) bond motifs is 3. The maximum absolute atomic E-state index is 4.86. The lowest BCUT2D eigenvalue weighted by Crippen LogP contribution is -2.00. The molecule has 2 heterocycles. The first-order chi connectivity index (χ1) is 18.3. The Kier molecular flexibility index (Phi) is 5.98. The molecule has 0 aliphatic rings. The molecule has 0 saturated heterocycles. The van der Waals surface area contributed by atoms with E-state index in [-0.39, 0.29) is 7.43 Å². The summed E-state index contributed by atoms with van der Waals surface area (Å²) in [5.74, 6) is 1.98. The predicted molar refractivity (Wildman–Crippen MR) is 157 cm³/mol. The van der Waals surface area contributed by atoms with Gasteiger partial charge in [0.2, 0.25) is 0 Å². The molecule has 0 aliphatic heterocycles. The Bertz CT molecular complexity index is 1740. The topological polar surface area (TPSA) is 43.6 Å². The molecule has 7 aromatic rings. The molecule has 0 spiro atoms. The summed E-state index contributed by atoms with van der Waals surface area (Å²) in [6, 6.07) is 45.7. The number of aromatic nitrogens is 4. The molecule has 2 aromatic heterocycles. The molecule has 0 N–H and O–H groups in total. The molecule has 182 valence electrons. The van der Waals surface area contributed by atoms with Crippen molar-refractivity contribution in [3.05, 3.63) is 141 Å². The van der Waals surface area contributed by atoms with Gasteiger partial charge in [0.1, 0.15) is 0 Å². The van der Waals surface area contributed by atoms with Gasteiger partial charge in [0.25, 0.3) is 0 Å². The monoisotopic (exact) mass is 489 g/mol. The first kappa shape index (κ1) is 23.3. The molecule has 0 amide bonds. The van der Waals surface area contributed by atoms with E-state index in [1.54, 1.807) is 0 Å². The second kappa shape index (κ2) is 9.75. The van der Waals surface area contributed by atoms with Gasteiger partial charge < -0.3 is 12.0 Å². The third-order valence-electron chi connectivity index (χ3n) is 6.66. The Hall–Kier alpha value is -5.09. The zero-order valence-corrected chi connectivity index (χ0v) is 21.0. The predicted octanol–water partition coefficient (Wildman–Crippen LogP) is 8.42. The van der Waals surface area contributed by atoms with Crippen LogP contribution in [0.15, 0.2) is 133 Å². The average Bonchev–Trinajstić information content (AvgIpc) is 3.32. The zero-order chi connectivity index (χ0) is 24.6. The lowest BCUT2D eigenvalue weighted by atomic mass is 10.1. The van der Waals surface area contributed by atoms with Crippen LogP contribution in [-0.2, 0) is 0 Å². The van der Waals surface area contributed by atoms with Crippen LogP contribution in [0.5, 0.6) is 0 Å². The fraction of sp³-hybridized carbons (Fsp3) is 0. The summed E-state index contributed by atoms with van der Waals surface area (Å²) in [6.45, 7) is 0. The molecular weight excluding hydrogens is 464 g/mol. The summed E-state index contributed by atoms with van der Waals surface area (Å²) in [5, 5.41) is 2.50. The van der Waals surface area contributed by atoms with Crippen LogP contribution in [0.2, 0.25) is 0 Å². The summed E-state index contributed by atoms with van der Waals surface area (Å²) in [4.78, 5) is 14.5. The third kappa shape index (κ3) is 4.02. The fourth-order valence-electron chi connectivity index (χ4n) is 4.90. The summed E-state index contributed by atoms with van der Waals surface area (Å²) < 4.78 is 2.31. The number of benzene rings is 5. The van der Waals surface area contributed by atoms with Crippen LogP contribution in [0, 0.1) is 7.43 Å². The van der Waals surface area contributed by atoms with E-state index >= 15 is 0 Å². The smallest absolute Gasteiger partial charge is 0.164 e. The fourth-order valence-corrected chi connectivity index (χ4v) is 4.90. The number of nitrogens with zero attached hydrogens (tertiary/aromatic N) is 4. The lowest BCUT2D eigenvalue weighted by molar-refractivity contribution is 1.07. The van der Waals surface area contributed by atoms with E-state index in [1.165, 1.54) is 21.8 Å². The second-order valence-electron chi connectivity index (χ2n) is 8.95. The van der Waals surface area contributed by atoms with Gasteiger partial charge in [0, 0.05) is 33.2 Å². The molecule has 0 saturated carbocycles. The second-order valence-corrected chi connectivity index (χ2v) is 8.95. The summed E-state index contributed by atoms with van der Waals surface area (Å²) in [7, 11) is 0. The lowest BCUT2D eigenvalue weighted by Gasteiger charge is -2.10. The molecule has 38 heavy (non-hydrogen) atoms. The van der Waals surface area contributed by atoms with Crippen LogP contribution < -0.4 is 0 Å². The number of hydrogen-bond donors (Lipinski definition) is 0. The minimum absolute atomic E-state index is 0. The first-order valence-electron chi connectivity index (χ1n) is 12.3. The molecule has 0 atom stereocenters. The van der Waals surface area contributed by atoms with Crippen molar-refractivity contribution in [3.8, 4) is 39.9 Å². The molecule has 0 bridgehead atoms. The van der Waals surface area contributed by atoms with Crippen LogP contribution in [-0.4, -0.2) is 19.5 Å². The van der Waals surface area contributed by atoms with E-state index in [2.05, 4.69) is 77.4 Å². The van der Waals surface area contributed by atoms with Gasteiger partial charge in [0.05, 0.1) is 11.0 Å². The summed E-state index contributed by atoms with van der Waals surface area (Å²) in [5.41, 5.74) is 6.35. The standard InChI is InChI=1S/C33H22N4.CH3/c1-3-11-23(12-4-1)31-34-32(24-13-5-2-6-14-24)36-33(35-31)25-19-21-26(22-20-25)37-29-17-9-7-15-27(29)28-16-8-10-18-30(28)37;/h1-22H;1H3/q;-1. The zero-order valence-electron chi connectivity index (χ0n) is 21.0. The molecule has 0 unspecified atom stereocenters. The van der Waals surface area contributed by atoms with Crippen LogP contribution in [0.25, 0.3) is 61.7 Å². The van der Waals surface area contributed by atoms with E-state index in [4.69, 9.17) is 15.0 Å². The van der Waals surface area contributed by atoms with Crippen molar-refractivity contribution in [2.45, 2.75) is 0 Å². The van der Waals surface area contributed by atoms with Crippen LogP contribution in [0.1, 0.15) is 0 Å². The van der Waals surface area contributed by atoms with Crippen molar-refractivity contribution >= 4 is 21.8 Å². The van der Waals surface area contributed by atoms with Gasteiger partial charge >= 0.3 is 0 Å². The Morgan fingerprint density at radius 1 is 0.368 bits per heavy atom. The van der Waals surface area contributed by atoms with E-state index < -0.39 is 0 Å². The molecular formula is C34H25N4-. The molecule has 0 fully saturated rings. The van der Waals surface area contributed by atoms with Gasteiger partial charge in [-0.05, 0) is 36.4 Å². The minimum Gasteiger partial charge on any atom is -0.358 e. The van der Waals surface area contributed by atoms with Gasteiger partial charge in [-0.1, -0.05) is 97.1 Å². The quantitative estimate of drug-likeness (QED) is 0.233. The van der Waals surface area contributed by atoms with Gasteiger partial charge in [-0.15, -0.1) is 0 Å². The SMILES string of the molecule is [CH3-].c1ccc(-c2nc(-c3ccccc3)nc(-c3ccc(-n4c5ccccc5c5ccccc54)cc3)n2)cc1. The Morgan fingerprint density at radius 3 is 1.18 bits per heavy atom. The van der Waals surface area contributed by atoms with E-state index in [9.17, 15) is 0 Å². The number of hydrogen-bond acceptors (Lipinski definition) is 3. The van der Waals surface area contributed by atoms with Crippen molar-refractivity contribution in [1.29, 1.82) is 0 Å². The molecule has 7 rings (SSSR count). The third-order valence-corrected chi connectivity index (χ3v) is 6.66. The molecule has 4 heteroatoms. The highest BCUT2D eigenvalue weighted by Crippen LogP contribution is 2.32. The van der Waals surface area contributed by atoms with Crippen LogP contribution in [0.3, 0.4) is 0 Å². The summed E-state index contributed by atoms with van der Waals surface area (Å²) >= 11 is 0. The highest BCUT2D eigenvalue weighted by Gasteiger charge is 2.14. The largest absolute Gasteiger partial charge is 0.358 e. The first-order valence-corrected chi connectivity index (χ1v) is 12.3. The Balaban J connectivity index is 0.00000264. The molecule has 0 radical (unpaired) electrons. The van der Waals surface area contributed by atoms with Gasteiger partial charge in [0.15, 0.2) is 17.5 Å². The van der Waals surface area contributed by atoms with Crippen LogP contribution in [0.4, 0.5) is 0 Å². The molecule has 4 nitrogen and oxygen atoms in total. The minimum atomic E-state index is 0. The highest BCUT2D eigenvalue weighted by atomic mass is 15.0. The van der Waals surface area contributed by atoms with Crippen molar-refractivity contribution < 1.29 is 0 Å². The van der Waals surface area contributed by atoms with Crippen molar-refractivity contribution in [1.82, 2.24) is 19.5 Å². The Morgan fingerprint density at radius 2 is 0.737 bits per heavy atom. The van der Waals surface area contributed by atoms with Gasteiger partial charge in [-0.2, -0.15) is 0 Å². The average molecular weight is 490 g/mol. The van der Waals surface area contributed by atoms with Gasteiger partial charge in [-0.25, -0.2) is 15.0 Å². The Labute approximate surface area is 221 Å². The number of para-hydroxylation sites is 2. The van der Waals surface area contributed by atoms with Crippen LogP contribution >= 0.6 is 0 Å². The van der Waals surface area contributed by atoms with Crippen molar-refractivity contribution in [2.75, 3.05) is 0 Å². The van der Waals surface area contributed by atoms with Crippen molar-refractivity contribution in [2.24, 2.45) is 0 Å². The normalized spacial score (nSPS) is 10.9. The highest BCUT2D eigenvalue weighted by molar-refractivity contribution is 6.09.